The van der Waals surface area contributed by atoms with Crippen LogP contribution in [0.5, 0.6) is 0 Å². The van der Waals surface area contributed by atoms with Gasteiger partial charge in [-0.1, -0.05) is 24.3 Å². The number of esters is 1. The molecule has 1 amide bonds. The molecule has 1 aliphatic heterocycles. The van der Waals surface area contributed by atoms with E-state index in [2.05, 4.69) is 27.1 Å². The molecule has 1 fully saturated rings. The van der Waals surface area contributed by atoms with E-state index in [-0.39, 0.29) is 18.1 Å². The van der Waals surface area contributed by atoms with Crippen molar-refractivity contribution in [3.8, 4) is 0 Å². The second-order valence-electron chi connectivity index (χ2n) is 7.80. The molecule has 0 radical (unpaired) electrons. The van der Waals surface area contributed by atoms with Gasteiger partial charge in [0.15, 0.2) is 0 Å². The first-order chi connectivity index (χ1) is 12.7. The lowest BCUT2D eigenvalue weighted by atomic mass is 10.0. The van der Waals surface area contributed by atoms with Crippen molar-refractivity contribution in [2.24, 2.45) is 0 Å². The summed E-state index contributed by atoms with van der Waals surface area (Å²) in [6.07, 6.45) is 4.65. The number of rotatable bonds is 5. The number of amides is 1. The van der Waals surface area contributed by atoms with Crippen molar-refractivity contribution in [1.29, 1.82) is 0 Å². The fraction of sp³-hybridized carbons (Fsp3) is 0.524. The minimum Gasteiger partial charge on any atom is -0.466 e. The van der Waals surface area contributed by atoms with Gasteiger partial charge in [0.2, 0.25) is 0 Å². The number of carbonyl (C=O) groups excluding carboxylic acids is 2. The van der Waals surface area contributed by atoms with Crippen LogP contribution < -0.4 is 5.32 Å². The number of benzene rings is 1. The van der Waals surface area contributed by atoms with E-state index in [4.69, 9.17) is 4.74 Å². The quantitative estimate of drug-likeness (QED) is 0.632. The maximum atomic E-state index is 11.9. The van der Waals surface area contributed by atoms with Gasteiger partial charge in [0.05, 0.1) is 7.11 Å². The first kappa shape index (κ1) is 21.0. The number of likely N-dealkylation sites (tertiary alicyclic amines) is 1. The van der Waals surface area contributed by atoms with Gasteiger partial charge in [-0.15, -0.1) is 0 Å². The lowest BCUT2D eigenvalue weighted by Crippen LogP contribution is -2.45. The van der Waals surface area contributed by atoms with Crippen LogP contribution in [-0.4, -0.2) is 48.8 Å². The maximum Gasteiger partial charge on any atom is 0.407 e. The van der Waals surface area contributed by atoms with Crippen molar-refractivity contribution in [3.63, 3.8) is 0 Å². The molecule has 6 heteroatoms. The number of nitrogens with zero attached hydrogens (tertiary/aromatic N) is 1. The molecular weight excluding hydrogens is 344 g/mol. The number of hydrogen-bond acceptors (Lipinski definition) is 5. The van der Waals surface area contributed by atoms with Gasteiger partial charge in [0.25, 0.3) is 0 Å². The SMILES string of the molecule is COC(=O)/C=C/c1cccc(CN2CCC(NC(=O)OC(C)(C)C)CC2)c1. The van der Waals surface area contributed by atoms with Crippen LogP contribution >= 0.6 is 0 Å². The predicted molar refractivity (Wildman–Crippen MR) is 105 cm³/mol. The van der Waals surface area contributed by atoms with Gasteiger partial charge in [-0.3, -0.25) is 4.90 Å². The third kappa shape index (κ3) is 7.83. The lowest BCUT2D eigenvalue weighted by molar-refractivity contribution is -0.134. The van der Waals surface area contributed by atoms with Gasteiger partial charge in [-0.05, 0) is 50.8 Å². The third-order valence-electron chi connectivity index (χ3n) is 4.28. The average molecular weight is 374 g/mol. The molecule has 0 aromatic heterocycles. The highest BCUT2D eigenvalue weighted by Crippen LogP contribution is 2.16. The smallest absolute Gasteiger partial charge is 0.407 e. The molecule has 0 spiro atoms. The van der Waals surface area contributed by atoms with Gasteiger partial charge in [-0.25, -0.2) is 9.59 Å². The molecule has 0 unspecified atom stereocenters. The summed E-state index contributed by atoms with van der Waals surface area (Å²) >= 11 is 0. The second kappa shape index (κ2) is 9.55. The summed E-state index contributed by atoms with van der Waals surface area (Å²) in [6, 6.07) is 8.26. The summed E-state index contributed by atoms with van der Waals surface area (Å²) in [7, 11) is 1.37. The van der Waals surface area contributed by atoms with Crippen molar-refractivity contribution in [2.75, 3.05) is 20.2 Å². The highest BCUT2D eigenvalue weighted by molar-refractivity contribution is 5.86. The van der Waals surface area contributed by atoms with E-state index in [0.717, 1.165) is 38.0 Å². The molecule has 1 aromatic rings. The van der Waals surface area contributed by atoms with Crippen molar-refractivity contribution < 1.29 is 19.1 Å². The van der Waals surface area contributed by atoms with Crippen LogP contribution in [0.15, 0.2) is 30.3 Å². The monoisotopic (exact) mass is 374 g/mol. The molecule has 2 rings (SSSR count). The normalized spacial score (nSPS) is 16.3. The zero-order valence-electron chi connectivity index (χ0n) is 16.7. The third-order valence-corrected chi connectivity index (χ3v) is 4.28. The molecule has 1 aromatic carbocycles. The number of hydrogen-bond donors (Lipinski definition) is 1. The van der Waals surface area contributed by atoms with Crippen LogP contribution in [-0.2, 0) is 20.8 Å². The van der Waals surface area contributed by atoms with Crippen LogP contribution in [0.3, 0.4) is 0 Å². The minimum absolute atomic E-state index is 0.158. The molecule has 6 nitrogen and oxygen atoms in total. The summed E-state index contributed by atoms with van der Waals surface area (Å²) in [4.78, 5) is 25.5. The summed E-state index contributed by atoms with van der Waals surface area (Å²) in [5.41, 5.74) is 1.69. The Morgan fingerprint density at radius 2 is 1.96 bits per heavy atom. The molecule has 0 atom stereocenters. The van der Waals surface area contributed by atoms with Crippen LogP contribution in [0.25, 0.3) is 6.08 Å². The van der Waals surface area contributed by atoms with E-state index >= 15 is 0 Å². The molecule has 1 heterocycles. The van der Waals surface area contributed by atoms with Crippen LogP contribution in [0.2, 0.25) is 0 Å². The van der Waals surface area contributed by atoms with E-state index < -0.39 is 5.60 Å². The highest BCUT2D eigenvalue weighted by Gasteiger charge is 2.23. The Labute approximate surface area is 161 Å². The second-order valence-corrected chi connectivity index (χ2v) is 7.80. The van der Waals surface area contributed by atoms with E-state index in [0.29, 0.717) is 0 Å². The fourth-order valence-corrected chi connectivity index (χ4v) is 3.00. The Hall–Kier alpha value is -2.34. The average Bonchev–Trinajstić information content (AvgIpc) is 2.60. The molecule has 0 aliphatic carbocycles. The first-order valence-electron chi connectivity index (χ1n) is 9.32. The summed E-state index contributed by atoms with van der Waals surface area (Å²) in [6.45, 7) is 8.28. The van der Waals surface area contributed by atoms with Gasteiger partial charge >= 0.3 is 12.1 Å². The Balaban J connectivity index is 1.81. The zero-order valence-corrected chi connectivity index (χ0v) is 16.7. The van der Waals surface area contributed by atoms with Crippen molar-refractivity contribution in [3.05, 3.63) is 41.5 Å². The van der Waals surface area contributed by atoms with Crippen molar-refractivity contribution >= 4 is 18.1 Å². The summed E-state index contributed by atoms with van der Waals surface area (Å²) in [5.74, 6) is -0.361. The van der Waals surface area contributed by atoms with Crippen molar-refractivity contribution in [2.45, 2.75) is 51.8 Å². The van der Waals surface area contributed by atoms with E-state index in [1.807, 2.05) is 32.9 Å². The maximum absolute atomic E-state index is 11.9. The van der Waals surface area contributed by atoms with Crippen LogP contribution in [0.1, 0.15) is 44.7 Å². The molecule has 1 aliphatic rings. The number of carbonyl (C=O) groups is 2. The van der Waals surface area contributed by atoms with Crippen LogP contribution in [0.4, 0.5) is 4.79 Å². The Morgan fingerprint density at radius 3 is 2.59 bits per heavy atom. The Morgan fingerprint density at radius 1 is 1.26 bits per heavy atom. The first-order valence-corrected chi connectivity index (χ1v) is 9.32. The minimum atomic E-state index is -0.474. The molecule has 0 bridgehead atoms. The molecule has 27 heavy (non-hydrogen) atoms. The van der Waals surface area contributed by atoms with Gasteiger partial charge in [0, 0.05) is 31.8 Å². The summed E-state index contributed by atoms with van der Waals surface area (Å²) < 4.78 is 9.94. The van der Waals surface area contributed by atoms with Crippen molar-refractivity contribution in [1.82, 2.24) is 10.2 Å². The lowest BCUT2D eigenvalue weighted by Gasteiger charge is -2.32. The highest BCUT2D eigenvalue weighted by atomic mass is 16.6. The molecule has 0 saturated carbocycles. The number of methoxy groups -OCH3 is 1. The van der Waals surface area contributed by atoms with E-state index in [9.17, 15) is 9.59 Å². The predicted octanol–water partition coefficient (Wildman–Crippen LogP) is 3.36. The Kier molecular flexibility index (Phi) is 7.42. The molecule has 1 saturated heterocycles. The van der Waals surface area contributed by atoms with E-state index in [1.54, 1.807) is 6.08 Å². The standard InChI is InChI=1S/C21H30N2O4/c1-21(2,3)27-20(25)22-18-10-12-23(13-11-18)15-17-7-5-6-16(14-17)8-9-19(24)26-4/h5-9,14,18H,10-13,15H2,1-4H3,(H,22,25)/b9-8+. The number of alkyl carbamates (subject to hydrolysis) is 1. The van der Waals surface area contributed by atoms with Gasteiger partial charge in [0.1, 0.15) is 5.60 Å². The molecule has 1 N–H and O–H groups in total. The molecular formula is C21H30N2O4. The largest absolute Gasteiger partial charge is 0.466 e. The number of piperidine rings is 1. The van der Waals surface area contributed by atoms with Crippen LogP contribution in [0, 0.1) is 0 Å². The summed E-state index contributed by atoms with van der Waals surface area (Å²) in [5, 5.41) is 2.96. The number of ether oxygens (including phenoxy) is 2. The number of nitrogens with one attached hydrogen (secondary N) is 1. The van der Waals surface area contributed by atoms with Gasteiger partial charge < -0.3 is 14.8 Å². The van der Waals surface area contributed by atoms with E-state index in [1.165, 1.54) is 18.7 Å². The topological polar surface area (TPSA) is 67.9 Å². The van der Waals surface area contributed by atoms with Gasteiger partial charge in [-0.2, -0.15) is 0 Å². The molecule has 148 valence electrons. The fourth-order valence-electron chi connectivity index (χ4n) is 3.00. The zero-order chi connectivity index (χ0) is 19.9. The Bertz CT molecular complexity index is 671.